The van der Waals surface area contributed by atoms with E-state index in [0.717, 1.165) is 72.1 Å². The molecule has 7 rings (SSSR count). The number of hydrogen-bond donors (Lipinski definition) is 2. The first-order chi connectivity index (χ1) is 21.3. The van der Waals surface area contributed by atoms with Gasteiger partial charge in [-0.15, -0.1) is 0 Å². The van der Waals surface area contributed by atoms with E-state index >= 15 is 0 Å². The molecule has 10 unspecified atom stereocenters. The number of nitrogens with one attached hydrogen (secondary N) is 1. The lowest BCUT2D eigenvalue weighted by Crippen LogP contribution is -2.47. The number of hydrogen-bond acceptors (Lipinski definition) is 2. The Morgan fingerprint density at radius 1 is 0.744 bits per heavy atom. The van der Waals surface area contributed by atoms with Crippen LogP contribution in [-0.4, -0.2) is 6.54 Å². The van der Waals surface area contributed by atoms with Crippen LogP contribution in [0.25, 0.3) is 0 Å². The molecule has 3 saturated carbocycles. The van der Waals surface area contributed by atoms with Crippen LogP contribution in [0.1, 0.15) is 128 Å². The second kappa shape index (κ2) is 14.2. The van der Waals surface area contributed by atoms with E-state index in [2.05, 4.69) is 41.9 Å². The van der Waals surface area contributed by atoms with Crippen LogP contribution in [0.4, 0.5) is 0 Å². The summed E-state index contributed by atoms with van der Waals surface area (Å²) >= 11 is 0. The van der Waals surface area contributed by atoms with Gasteiger partial charge in [0.15, 0.2) is 0 Å². The van der Waals surface area contributed by atoms with Gasteiger partial charge < -0.3 is 11.1 Å². The Hall–Kier alpha value is -1.70. The third-order valence-corrected chi connectivity index (χ3v) is 14.0. The van der Waals surface area contributed by atoms with Crippen molar-refractivity contribution in [2.75, 3.05) is 6.54 Å². The summed E-state index contributed by atoms with van der Waals surface area (Å²) in [7, 11) is 0. The van der Waals surface area contributed by atoms with Gasteiger partial charge >= 0.3 is 0 Å². The van der Waals surface area contributed by atoms with Crippen LogP contribution >= 0.6 is 0 Å². The van der Waals surface area contributed by atoms with E-state index in [1.165, 1.54) is 128 Å². The monoisotopic (exact) mass is 582 g/mol. The Kier molecular flexibility index (Phi) is 9.87. The standard InChI is InChI=1S/C41H62N2/c42-27-33(12-8-9-29-25-26-43-28-29)30-17-19-32(20-18-30)35-22-24-41(39-16-7-5-14-37(35)39)40-23-21-34(31-10-2-1-3-11-31)36-13-4-6-15-38(36)40/h2,10,17,21,23,27-28,31-32,34-41,43H,1,3-9,11-16,18-20,22,24-26,42H2/b33-27+. The number of nitrogens with two attached hydrogens (primary N) is 1. The van der Waals surface area contributed by atoms with Crippen molar-refractivity contribution in [2.45, 2.75) is 128 Å². The van der Waals surface area contributed by atoms with E-state index in [9.17, 15) is 0 Å². The Balaban J connectivity index is 1.01. The predicted molar refractivity (Wildman–Crippen MR) is 182 cm³/mol. The number of allylic oxidation sites excluding steroid dienone is 7. The zero-order valence-electron chi connectivity index (χ0n) is 27.2. The molecule has 1 heterocycles. The van der Waals surface area contributed by atoms with Crippen LogP contribution in [0, 0.1) is 59.2 Å². The van der Waals surface area contributed by atoms with Gasteiger partial charge in [0, 0.05) is 6.54 Å². The molecule has 7 aliphatic rings. The molecule has 1 aliphatic heterocycles. The van der Waals surface area contributed by atoms with Crippen molar-refractivity contribution in [1.82, 2.24) is 5.32 Å². The van der Waals surface area contributed by atoms with Crippen LogP contribution < -0.4 is 11.1 Å². The summed E-state index contributed by atoms with van der Waals surface area (Å²) in [5.74, 6) is 9.35. The van der Waals surface area contributed by atoms with Gasteiger partial charge in [-0.25, -0.2) is 0 Å². The molecule has 3 fully saturated rings. The molecule has 0 radical (unpaired) electrons. The van der Waals surface area contributed by atoms with Crippen molar-refractivity contribution in [2.24, 2.45) is 64.9 Å². The van der Waals surface area contributed by atoms with Crippen molar-refractivity contribution in [3.05, 3.63) is 59.5 Å². The van der Waals surface area contributed by atoms with Crippen molar-refractivity contribution < 1.29 is 0 Å². The smallest absolute Gasteiger partial charge is 0.0179 e. The zero-order valence-corrected chi connectivity index (χ0v) is 27.2. The maximum absolute atomic E-state index is 6.21. The number of rotatable bonds is 8. The summed E-state index contributed by atoms with van der Waals surface area (Å²) in [6.07, 6.45) is 45.7. The normalized spacial score (nSPS) is 41.5. The van der Waals surface area contributed by atoms with E-state index < -0.39 is 0 Å². The van der Waals surface area contributed by atoms with Crippen LogP contribution in [0.5, 0.6) is 0 Å². The van der Waals surface area contributed by atoms with Crippen molar-refractivity contribution in [3.63, 3.8) is 0 Å². The van der Waals surface area contributed by atoms with Gasteiger partial charge in [0.25, 0.3) is 0 Å². The van der Waals surface area contributed by atoms with E-state index in [1.807, 2.05) is 6.20 Å². The molecule has 43 heavy (non-hydrogen) atoms. The van der Waals surface area contributed by atoms with Crippen molar-refractivity contribution in [3.8, 4) is 0 Å². The Morgan fingerprint density at radius 2 is 1.47 bits per heavy atom. The lowest BCUT2D eigenvalue weighted by molar-refractivity contribution is -0.0274. The first kappa shape index (κ1) is 30.0. The summed E-state index contributed by atoms with van der Waals surface area (Å²) in [5.41, 5.74) is 10.8. The molecule has 2 heteroatoms. The van der Waals surface area contributed by atoms with Gasteiger partial charge in [0.2, 0.25) is 0 Å². The van der Waals surface area contributed by atoms with Crippen molar-refractivity contribution in [1.29, 1.82) is 0 Å². The van der Waals surface area contributed by atoms with Gasteiger partial charge in [-0.05, 0) is 185 Å². The third-order valence-electron chi connectivity index (χ3n) is 14.0. The fourth-order valence-corrected chi connectivity index (χ4v) is 12.0. The first-order valence-corrected chi connectivity index (χ1v) is 19.2. The predicted octanol–water partition coefficient (Wildman–Crippen LogP) is 10.4. The van der Waals surface area contributed by atoms with Gasteiger partial charge in [-0.1, -0.05) is 61.6 Å². The summed E-state index contributed by atoms with van der Waals surface area (Å²) in [6.45, 7) is 1.13. The second-order valence-electron chi connectivity index (χ2n) is 16.0. The fourth-order valence-electron chi connectivity index (χ4n) is 12.0. The summed E-state index contributed by atoms with van der Waals surface area (Å²) in [5, 5.41) is 3.37. The number of fused-ring (bicyclic) bond motifs is 2. The Bertz CT molecular complexity index is 1090. The van der Waals surface area contributed by atoms with E-state index in [0.29, 0.717) is 0 Å². The van der Waals surface area contributed by atoms with E-state index in [4.69, 9.17) is 5.73 Å². The molecule has 3 N–H and O–H groups in total. The first-order valence-electron chi connectivity index (χ1n) is 19.2. The maximum Gasteiger partial charge on any atom is 0.0179 e. The highest BCUT2D eigenvalue weighted by atomic mass is 14.8. The fraction of sp³-hybridized carbons (Fsp3) is 0.756. The SMILES string of the molecule is N/C=C(\CCCC1=CNCC1)C1=CCC(C2CCC(C3C=CC(C4C=CCCC4)C4CCCCC34)C3CCCCC23)CC1. The largest absolute Gasteiger partial charge is 0.404 e. The summed E-state index contributed by atoms with van der Waals surface area (Å²) in [4.78, 5) is 0. The average molecular weight is 583 g/mol. The van der Waals surface area contributed by atoms with Crippen LogP contribution in [0.2, 0.25) is 0 Å². The molecular weight excluding hydrogens is 520 g/mol. The molecule has 0 amide bonds. The Labute approximate surface area is 264 Å². The lowest BCUT2D eigenvalue weighted by atomic mass is 9.50. The molecule has 0 aromatic heterocycles. The Morgan fingerprint density at radius 3 is 2.16 bits per heavy atom. The van der Waals surface area contributed by atoms with Gasteiger partial charge in [0.1, 0.15) is 0 Å². The van der Waals surface area contributed by atoms with Gasteiger partial charge in [0.05, 0.1) is 0 Å². The van der Waals surface area contributed by atoms with Crippen LogP contribution in [0.3, 0.4) is 0 Å². The molecule has 6 aliphatic carbocycles. The third kappa shape index (κ3) is 6.51. The molecule has 236 valence electrons. The molecule has 2 nitrogen and oxygen atoms in total. The van der Waals surface area contributed by atoms with Crippen molar-refractivity contribution >= 4 is 0 Å². The zero-order chi connectivity index (χ0) is 29.0. The molecule has 10 atom stereocenters. The summed E-state index contributed by atoms with van der Waals surface area (Å²) < 4.78 is 0. The quantitative estimate of drug-likeness (QED) is 0.279. The van der Waals surface area contributed by atoms with E-state index in [-0.39, 0.29) is 0 Å². The summed E-state index contributed by atoms with van der Waals surface area (Å²) in [6, 6.07) is 0. The van der Waals surface area contributed by atoms with Crippen LogP contribution in [-0.2, 0) is 0 Å². The van der Waals surface area contributed by atoms with Gasteiger partial charge in [-0.2, -0.15) is 0 Å². The molecular formula is C41H62N2. The molecule has 0 saturated heterocycles. The highest BCUT2D eigenvalue weighted by molar-refractivity contribution is 5.32. The minimum absolute atomic E-state index is 0.829. The maximum atomic E-state index is 6.21. The van der Waals surface area contributed by atoms with E-state index in [1.54, 1.807) is 11.1 Å². The lowest BCUT2D eigenvalue weighted by Gasteiger charge is -2.54. The topological polar surface area (TPSA) is 38.0 Å². The highest BCUT2D eigenvalue weighted by Gasteiger charge is 2.49. The average Bonchev–Trinajstić information content (AvgIpc) is 3.60. The molecule has 0 spiro atoms. The highest BCUT2D eigenvalue weighted by Crippen LogP contribution is 2.58. The molecule has 0 bridgehead atoms. The van der Waals surface area contributed by atoms with Crippen LogP contribution in [0.15, 0.2) is 59.5 Å². The minimum atomic E-state index is 0.829. The van der Waals surface area contributed by atoms with Gasteiger partial charge in [-0.3, -0.25) is 0 Å². The molecule has 0 aromatic rings. The minimum Gasteiger partial charge on any atom is -0.404 e. The second-order valence-corrected chi connectivity index (χ2v) is 16.0. The molecule has 0 aromatic carbocycles.